The number of benzene rings is 1. The standard InChI is InChI=1S/C18H19N5O3/c1-18(13-9-20-21(2)11-13)12-22(7-8-26-18)16-3-4-17(23(24)25)15-10-19-6-5-14(15)16/h3-6,9-11H,7-8,12H2,1-2H3. The molecule has 0 saturated carbocycles. The van der Waals surface area contributed by atoms with Crippen LogP contribution in [0.3, 0.4) is 0 Å². The van der Waals surface area contributed by atoms with Crippen LogP contribution < -0.4 is 4.90 Å². The van der Waals surface area contributed by atoms with E-state index in [1.54, 1.807) is 23.1 Å². The summed E-state index contributed by atoms with van der Waals surface area (Å²) < 4.78 is 7.83. The molecule has 0 aliphatic carbocycles. The van der Waals surface area contributed by atoms with Crippen LogP contribution in [0.15, 0.2) is 43.0 Å². The molecule has 2 aromatic heterocycles. The van der Waals surface area contributed by atoms with E-state index in [-0.39, 0.29) is 10.6 Å². The number of rotatable bonds is 3. The van der Waals surface area contributed by atoms with Crippen LogP contribution in [-0.4, -0.2) is 39.4 Å². The van der Waals surface area contributed by atoms with Gasteiger partial charge in [-0.25, -0.2) is 0 Å². The Balaban J connectivity index is 1.76. The van der Waals surface area contributed by atoms with Crippen LogP contribution in [0.1, 0.15) is 12.5 Å². The van der Waals surface area contributed by atoms with E-state index in [2.05, 4.69) is 15.0 Å². The minimum Gasteiger partial charge on any atom is -0.367 e. The van der Waals surface area contributed by atoms with Crippen molar-refractivity contribution >= 4 is 22.1 Å². The van der Waals surface area contributed by atoms with Gasteiger partial charge in [0.1, 0.15) is 5.60 Å². The molecule has 8 nitrogen and oxygen atoms in total. The van der Waals surface area contributed by atoms with Crippen LogP contribution in [0, 0.1) is 10.1 Å². The van der Waals surface area contributed by atoms with E-state index in [1.165, 1.54) is 0 Å². The molecule has 134 valence electrons. The van der Waals surface area contributed by atoms with Gasteiger partial charge in [-0.05, 0) is 19.1 Å². The molecule has 1 aromatic carbocycles. The number of aromatic nitrogens is 3. The Hall–Kier alpha value is -3.00. The van der Waals surface area contributed by atoms with Crippen LogP contribution in [-0.2, 0) is 17.4 Å². The smallest absolute Gasteiger partial charge is 0.278 e. The second-order valence-corrected chi connectivity index (χ2v) is 6.69. The zero-order valence-corrected chi connectivity index (χ0v) is 14.6. The molecule has 1 aliphatic rings. The molecule has 0 amide bonds. The van der Waals surface area contributed by atoms with E-state index in [0.29, 0.717) is 25.1 Å². The lowest BCUT2D eigenvalue weighted by Crippen LogP contribution is -2.48. The van der Waals surface area contributed by atoms with Crippen molar-refractivity contribution in [3.05, 3.63) is 58.7 Å². The van der Waals surface area contributed by atoms with Gasteiger partial charge in [0.2, 0.25) is 0 Å². The summed E-state index contributed by atoms with van der Waals surface area (Å²) in [5.41, 5.74) is 1.54. The van der Waals surface area contributed by atoms with Gasteiger partial charge < -0.3 is 9.64 Å². The number of hydrogen-bond acceptors (Lipinski definition) is 6. The number of pyridine rings is 1. The minimum absolute atomic E-state index is 0.0696. The maximum atomic E-state index is 11.3. The zero-order valence-electron chi connectivity index (χ0n) is 14.6. The highest BCUT2D eigenvalue weighted by molar-refractivity contribution is 5.99. The fourth-order valence-corrected chi connectivity index (χ4v) is 3.54. The summed E-state index contributed by atoms with van der Waals surface area (Å²) in [6, 6.07) is 5.19. The van der Waals surface area contributed by atoms with E-state index in [0.717, 1.165) is 16.6 Å². The van der Waals surface area contributed by atoms with Gasteiger partial charge in [-0.1, -0.05) is 0 Å². The predicted molar refractivity (Wildman–Crippen MR) is 97.1 cm³/mol. The molecule has 0 N–H and O–H groups in total. The van der Waals surface area contributed by atoms with Gasteiger partial charge in [0.05, 0.1) is 29.7 Å². The van der Waals surface area contributed by atoms with Crippen molar-refractivity contribution in [1.29, 1.82) is 0 Å². The first-order valence-electron chi connectivity index (χ1n) is 8.37. The molecule has 0 radical (unpaired) electrons. The summed E-state index contributed by atoms with van der Waals surface area (Å²) in [5.74, 6) is 0. The molecule has 1 saturated heterocycles. The number of morpholine rings is 1. The number of ether oxygens (including phenoxy) is 1. The Kier molecular flexibility index (Phi) is 3.84. The third-order valence-electron chi connectivity index (χ3n) is 4.90. The maximum Gasteiger partial charge on any atom is 0.278 e. The fourth-order valence-electron chi connectivity index (χ4n) is 3.54. The third kappa shape index (κ3) is 2.68. The Morgan fingerprint density at radius 1 is 1.27 bits per heavy atom. The van der Waals surface area contributed by atoms with Gasteiger partial charge in [-0.2, -0.15) is 5.10 Å². The molecule has 3 aromatic rings. The average Bonchev–Trinajstić information content (AvgIpc) is 3.08. The molecule has 1 aliphatic heterocycles. The van der Waals surface area contributed by atoms with Crippen molar-refractivity contribution < 1.29 is 9.66 Å². The summed E-state index contributed by atoms with van der Waals surface area (Å²) in [6.07, 6.45) is 7.00. The number of nitro groups is 1. The lowest BCUT2D eigenvalue weighted by molar-refractivity contribution is -0.383. The Morgan fingerprint density at radius 2 is 2.12 bits per heavy atom. The Bertz CT molecular complexity index is 986. The van der Waals surface area contributed by atoms with Gasteiger partial charge in [-0.15, -0.1) is 0 Å². The number of nitro benzene ring substituents is 1. The van der Waals surface area contributed by atoms with Crippen molar-refractivity contribution in [3.8, 4) is 0 Å². The first-order chi connectivity index (χ1) is 12.5. The summed E-state index contributed by atoms with van der Waals surface area (Å²) in [5, 5.41) is 16.9. The van der Waals surface area contributed by atoms with E-state index in [9.17, 15) is 10.1 Å². The van der Waals surface area contributed by atoms with E-state index < -0.39 is 5.60 Å². The maximum absolute atomic E-state index is 11.3. The lowest BCUT2D eigenvalue weighted by atomic mass is 9.96. The summed E-state index contributed by atoms with van der Waals surface area (Å²) >= 11 is 0. The third-order valence-corrected chi connectivity index (χ3v) is 4.90. The van der Waals surface area contributed by atoms with E-state index >= 15 is 0 Å². The SMILES string of the molecule is Cn1cc(C2(C)CN(c3ccc([N+](=O)[O-])c4cnccc34)CCO2)cn1. The zero-order chi connectivity index (χ0) is 18.3. The molecule has 0 bridgehead atoms. The van der Waals surface area contributed by atoms with Gasteiger partial charge >= 0.3 is 0 Å². The van der Waals surface area contributed by atoms with Crippen LogP contribution in [0.4, 0.5) is 11.4 Å². The van der Waals surface area contributed by atoms with Crippen LogP contribution in [0.5, 0.6) is 0 Å². The van der Waals surface area contributed by atoms with Crippen molar-refractivity contribution in [2.24, 2.45) is 7.05 Å². The summed E-state index contributed by atoms with van der Waals surface area (Å²) in [7, 11) is 1.88. The normalized spacial score (nSPS) is 20.5. The number of aryl methyl sites for hydroxylation is 1. The van der Waals surface area contributed by atoms with E-state index in [4.69, 9.17) is 4.74 Å². The molecular weight excluding hydrogens is 334 g/mol. The van der Waals surface area contributed by atoms with Crippen molar-refractivity contribution in [2.75, 3.05) is 24.6 Å². The monoisotopic (exact) mass is 353 g/mol. The molecule has 3 heterocycles. The number of nitrogens with zero attached hydrogens (tertiary/aromatic N) is 5. The molecule has 26 heavy (non-hydrogen) atoms. The molecule has 1 atom stereocenters. The molecule has 0 spiro atoms. The van der Waals surface area contributed by atoms with Crippen LogP contribution in [0.25, 0.3) is 10.8 Å². The second kappa shape index (κ2) is 6.06. The number of non-ortho nitro benzene ring substituents is 1. The highest BCUT2D eigenvalue weighted by Gasteiger charge is 2.35. The van der Waals surface area contributed by atoms with Gasteiger partial charge in [0.25, 0.3) is 5.69 Å². The number of fused-ring (bicyclic) bond motifs is 1. The highest BCUT2D eigenvalue weighted by Crippen LogP contribution is 2.37. The Morgan fingerprint density at radius 3 is 2.85 bits per heavy atom. The predicted octanol–water partition coefficient (Wildman–Crippen LogP) is 2.63. The Labute approximate surface area is 150 Å². The topological polar surface area (TPSA) is 86.3 Å². The summed E-state index contributed by atoms with van der Waals surface area (Å²) in [4.78, 5) is 17.2. The largest absolute Gasteiger partial charge is 0.367 e. The van der Waals surface area contributed by atoms with E-state index in [1.807, 2.05) is 38.5 Å². The first-order valence-corrected chi connectivity index (χ1v) is 8.37. The summed E-state index contributed by atoms with van der Waals surface area (Å²) in [6.45, 7) is 3.96. The molecule has 4 rings (SSSR count). The molecule has 8 heteroatoms. The highest BCUT2D eigenvalue weighted by atomic mass is 16.6. The molecule has 1 fully saturated rings. The second-order valence-electron chi connectivity index (χ2n) is 6.69. The van der Waals surface area contributed by atoms with Crippen molar-refractivity contribution in [3.63, 3.8) is 0 Å². The average molecular weight is 353 g/mol. The number of hydrogen-bond donors (Lipinski definition) is 0. The van der Waals surface area contributed by atoms with Crippen molar-refractivity contribution in [1.82, 2.24) is 14.8 Å². The number of anilines is 1. The van der Waals surface area contributed by atoms with Crippen molar-refractivity contribution in [2.45, 2.75) is 12.5 Å². The van der Waals surface area contributed by atoms with Gasteiger partial charge in [0, 0.05) is 54.9 Å². The lowest BCUT2D eigenvalue weighted by Gasteiger charge is -2.41. The van der Waals surface area contributed by atoms with Gasteiger partial charge in [-0.3, -0.25) is 19.8 Å². The fraction of sp³-hybridized carbons (Fsp3) is 0.333. The minimum atomic E-state index is -0.492. The quantitative estimate of drug-likeness (QED) is 0.531. The van der Waals surface area contributed by atoms with Crippen LogP contribution >= 0.6 is 0 Å². The van der Waals surface area contributed by atoms with Gasteiger partial charge in [0.15, 0.2) is 0 Å². The first kappa shape index (κ1) is 16.5. The molecular formula is C18H19N5O3. The van der Waals surface area contributed by atoms with Crippen LogP contribution in [0.2, 0.25) is 0 Å². The molecule has 1 unspecified atom stereocenters.